The second kappa shape index (κ2) is 7.86. The maximum atomic E-state index is 13.7. The van der Waals surface area contributed by atoms with Crippen LogP contribution in [0.3, 0.4) is 0 Å². The van der Waals surface area contributed by atoms with E-state index >= 15 is 0 Å². The number of rotatable bonds is 5. The highest BCUT2D eigenvalue weighted by Gasteiger charge is 2.58. The van der Waals surface area contributed by atoms with Crippen LogP contribution in [0.5, 0.6) is 0 Å². The Bertz CT molecular complexity index is 1050. The van der Waals surface area contributed by atoms with Crippen LogP contribution >= 0.6 is 0 Å². The summed E-state index contributed by atoms with van der Waals surface area (Å²) in [4.78, 5) is 40.8. The van der Waals surface area contributed by atoms with Gasteiger partial charge in [-0.2, -0.15) is 0 Å². The van der Waals surface area contributed by atoms with Gasteiger partial charge in [0.1, 0.15) is 11.8 Å². The quantitative estimate of drug-likeness (QED) is 0.594. The molecular formula is C23H23N5O3. The second-order valence-corrected chi connectivity index (χ2v) is 7.90. The minimum atomic E-state index is -0.870. The van der Waals surface area contributed by atoms with Crippen LogP contribution in [0.1, 0.15) is 24.1 Å². The number of hydrogen-bond acceptors (Lipinski definition) is 6. The zero-order chi connectivity index (χ0) is 21.3. The topological polar surface area (TPSA) is 82.8 Å². The van der Waals surface area contributed by atoms with Gasteiger partial charge in [-0.3, -0.25) is 14.7 Å². The molecule has 1 aromatic carbocycles. The van der Waals surface area contributed by atoms with Crippen LogP contribution in [0, 0.1) is 0 Å². The van der Waals surface area contributed by atoms with Crippen molar-refractivity contribution in [1.29, 1.82) is 0 Å². The third-order valence-corrected chi connectivity index (χ3v) is 6.13. The number of pyridine rings is 1. The van der Waals surface area contributed by atoms with Gasteiger partial charge in [-0.05, 0) is 30.5 Å². The van der Waals surface area contributed by atoms with E-state index in [0.717, 1.165) is 5.56 Å². The molecule has 2 fully saturated rings. The van der Waals surface area contributed by atoms with Gasteiger partial charge in [0.05, 0.1) is 18.4 Å². The molecule has 0 bridgehead atoms. The van der Waals surface area contributed by atoms with E-state index in [1.165, 1.54) is 4.90 Å². The Labute approximate surface area is 180 Å². The predicted octanol–water partition coefficient (Wildman–Crippen LogP) is 3.07. The molecule has 1 spiro atoms. The minimum absolute atomic E-state index is 0.147. The first kappa shape index (κ1) is 19.3. The highest BCUT2D eigenvalue weighted by Crippen LogP contribution is 2.39. The number of amides is 3. The summed E-state index contributed by atoms with van der Waals surface area (Å²) >= 11 is 0. The molecule has 8 heteroatoms. The van der Waals surface area contributed by atoms with E-state index in [-0.39, 0.29) is 18.5 Å². The van der Waals surface area contributed by atoms with Gasteiger partial charge >= 0.3 is 6.03 Å². The first-order valence-electron chi connectivity index (χ1n) is 10.4. The van der Waals surface area contributed by atoms with E-state index < -0.39 is 5.54 Å². The second-order valence-electron chi connectivity index (χ2n) is 7.90. The third kappa shape index (κ3) is 3.43. The SMILES string of the molecule is O=C1N(Cc2ccccn2)C(=O)C2(CCN(c3ncco3)CC2)N1Cc1ccccc1. The first-order chi connectivity index (χ1) is 15.2. The Balaban J connectivity index is 1.44. The smallest absolute Gasteiger partial charge is 0.328 e. The Morgan fingerprint density at radius 3 is 2.35 bits per heavy atom. The molecular weight excluding hydrogens is 394 g/mol. The largest absolute Gasteiger partial charge is 0.432 e. The molecule has 2 saturated heterocycles. The number of imide groups is 1. The molecule has 2 aliphatic rings. The Morgan fingerprint density at radius 1 is 0.903 bits per heavy atom. The summed E-state index contributed by atoms with van der Waals surface area (Å²) in [7, 11) is 0. The van der Waals surface area contributed by atoms with Crippen LogP contribution < -0.4 is 4.90 Å². The lowest BCUT2D eigenvalue weighted by molar-refractivity contribution is -0.134. The van der Waals surface area contributed by atoms with Crippen molar-refractivity contribution in [2.45, 2.75) is 31.5 Å². The third-order valence-electron chi connectivity index (χ3n) is 6.13. The number of aromatic nitrogens is 2. The van der Waals surface area contributed by atoms with Gasteiger partial charge in [-0.1, -0.05) is 36.4 Å². The molecule has 2 aromatic heterocycles. The van der Waals surface area contributed by atoms with Gasteiger partial charge in [0.15, 0.2) is 0 Å². The van der Waals surface area contributed by atoms with Crippen LogP contribution in [0.25, 0.3) is 0 Å². The summed E-state index contributed by atoms with van der Waals surface area (Å²) in [5.74, 6) is -0.147. The maximum Gasteiger partial charge on any atom is 0.328 e. The van der Waals surface area contributed by atoms with Gasteiger partial charge in [0, 0.05) is 25.8 Å². The van der Waals surface area contributed by atoms with Crippen molar-refractivity contribution < 1.29 is 14.0 Å². The van der Waals surface area contributed by atoms with E-state index in [2.05, 4.69) is 9.97 Å². The van der Waals surface area contributed by atoms with Crippen LogP contribution in [-0.4, -0.2) is 50.3 Å². The number of anilines is 1. The van der Waals surface area contributed by atoms with Crippen LogP contribution in [0.15, 0.2) is 71.6 Å². The minimum Gasteiger partial charge on any atom is -0.432 e. The monoisotopic (exact) mass is 417 g/mol. The highest BCUT2D eigenvalue weighted by atomic mass is 16.4. The van der Waals surface area contributed by atoms with Crippen molar-refractivity contribution in [2.24, 2.45) is 0 Å². The van der Waals surface area contributed by atoms with Crippen molar-refractivity contribution in [2.75, 3.05) is 18.0 Å². The number of piperidine rings is 1. The number of nitrogens with zero attached hydrogens (tertiary/aromatic N) is 5. The Hall–Kier alpha value is -3.68. The van der Waals surface area contributed by atoms with Crippen LogP contribution in [0.4, 0.5) is 10.8 Å². The van der Waals surface area contributed by atoms with Gasteiger partial charge in [0.2, 0.25) is 0 Å². The fraction of sp³-hybridized carbons (Fsp3) is 0.304. The molecule has 0 radical (unpaired) electrons. The van der Waals surface area contributed by atoms with Crippen LogP contribution in [0.2, 0.25) is 0 Å². The summed E-state index contributed by atoms with van der Waals surface area (Å²) in [5, 5.41) is 0. The molecule has 4 heterocycles. The van der Waals surface area contributed by atoms with Crippen molar-refractivity contribution in [3.8, 4) is 0 Å². The number of hydrogen-bond donors (Lipinski definition) is 0. The van der Waals surface area contributed by atoms with Gasteiger partial charge in [-0.25, -0.2) is 9.78 Å². The number of carbonyl (C=O) groups is 2. The summed E-state index contributed by atoms with van der Waals surface area (Å²) in [6, 6.07) is 15.6. The van der Waals surface area contributed by atoms with E-state index in [9.17, 15) is 9.59 Å². The Kier molecular flexibility index (Phi) is 4.89. The van der Waals surface area contributed by atoms with Gasteiger partial charge < -0.3 is 14.2 Å². The molecule has 8 nitrogen and oxygen atoms in total. The maximum absolute atomic E-state index is 13.7. The molecule has 0 unspecified atom stereocenters. The zero-order valence-corrected chi connectivity index (χ0v) is 17.1. The zero-order valence-electron chi connectivity index (χ0n) is 17.1. The Morgan fingerprint density at radius 2 is 1.68 bits per heavy atom. The van der Waals surface area contributed by atoms with Gasteiger partial charge in [0.25, 0.3) is 11.9 Å². The number of urea groups is 1. The summed E-state index contributed by atoms with van der Waals surface area (Å²) < 4.78 is 5.43. The summed E-state index contributed by atoms with van der Waals surface area (Å²) in [6.07, 6.45) is 5.87. The standard InChI is InChI=1S/C23H23N5O3/c29-20-23(9-13-26(14-10-23)21-25-12-15-31-21)28(16-18-6-2-1-3-7-18)22(30)27(20)17-19-8-4-5-11-24-19/h1-8,11-12,15H,9-10,13-14,16-17H2. The first-order valence-corrected chi connectivity index (χ1v) is 10.4. The van der Waals surface area contributed by atoms with Gasteiger partial charge in [-0.15, -0.1) is 0 Å². The van der Waals surface area contributed by atoms with E-state index in [1.807, 2.05) is 53.4 Å². The van der Waals surface area contributed by atoms with E-state index in [4.69, 9.17) is 4.42 Å². The highest BCUT2D eigenvalue weighted by molar-refractivity contribution is 6.07. The lowest BCUT2D eigenvalue weighted by Crippen LogP contribution is -2.56. The van der Waals surface area contributed by atoms with Crippen molar-refractivity contribution in [1.82, 2.24) is 19.8 Å². The van der Waals surface area contributed by atoms with E-state index in [1.54, 1.807) is 23.6 Å². The average Bonchev–Trinajstić information content (AvgIpc) is 3.41. The molecule has 0 aliphatic carbocycles. The lowest BCUT2D eigenvalue weighted by Gasteiger charge is -2.41. The lowest BCUT2D eigenvalue weighted by atomic mass is 9.85. The summed E-state index contributed by atoms with van der Waals surface area (Å²) in [5.41, 5.74) is 0.820. The number of benzene rings is 1. The predicted molar refractivity (Wildman–Crippen MR) is 113 cm³/mol. The molecule has 2 aliphatic heterocycles. The van der Waals surface area contributed by atoms with Crippen LogP contribution in [-0.2, 0) is 17.9 Å². The van der Waals surface area contributed by atoms with Crippen molar-refractivity contribution in [3.63, 3.8) is 0 Å². The summed E-state index contributed by atoms with van der Waals surface area (Å²) in [6.45, 7) is 1.74. The molecule has 5 rings (SSSR count). The molecule has 0 atom stereocenters. The number of oxazole rings is 1. The van der Waals surface area contributed by atoms with Crippen molar-refractivity contribution >= 4 is 18.0 Å². The molecule has 0 N–H and O–H groups in total. The molecule has 31 heavy (non-hydrogen) atoms. The molecule has 3 aromatic rings. The molecule has 0 saturated carbocycles. The number of carbonyl (C=O) groups excluding carboxylic acids is 2. The van der Waals surface area contributed by atoms with E-state index in [0.29, 0.717) is 44.2 Å². The molecule has 3 amide bonds. The van der Waals surface area contributed by atoms with Crippen molar-refractivity contribution in [3.05, 3.63) is 78.4 Å². The molecule has 158 valence electrons. The average molecular weight is 417 g/mol. The normalized spacial score (nSPS) is 18.3. The fourth-order valence-electron chi connectivity index (χ4n) is 4.48. The fourth-order valence-corrected chi connectivity index (χ4v) is 4.48.